The third-order valence-electron chi connectivity index (χ3n) is 4.08. The van der Waals surface area contributed by atoms with Crippen molar-refractivity contribution >= 4 is 22.6 Å². The Hall–Kier alpha value is -2.17. The van der Waals surface area contributed by atoms with Crippen LogP contribution < -0.4 is 10.9 Å². The molecule has 2 aromatic carbocycles. The molecule has 0 aliphatic carbocycles. The Morgan fingerprint density at radius 2 is 1.92 bits per heavy atom. The molecule has 0 fully saturated rings. The van der Waals surface area contributed by atoms with Crippen LogP contribution in [0.25, 0.3) is 11.0 Å². The van der Waals surface area contributed by atoms with Crippen molar-refractivity contribution in [2.45, 2.75) is 26.4 Å². The van der Waals surface area contributed by atoms with Gasteiger partial charge in [-0.15, -0.1) is 0 Å². The van der Waals surface area contributed by atoms with Crippen LogP contribution in [-0.2, 0) is 6.54 Å². The number of fused-ring (bicyclic) bond motifs is 1. The van der Waals surface area contributed by atoms with Gasteiger partial charge >= 0.3 is 5.63 Å². The van der Waals surface area contributed by atoms with Gasteiger partial charge < -0.3 is 9.73 Å². The van der Waals surface area contributed by atoms with Crippen molar-refractivity contribution in [1.82, 2.24) is 5.32 Å². The van der Waals surface area contributed by atoms with Crippen molar-refractivity contribution in [3.05, 3.63) is 80.4 Å². The monoisotopic (exact) mass is 345 g/mol. The van der Waals surface area contributed by atoms with E-state index in [2.05, 4.69) is 5.32 Å². The quantitative estimate of drug-likeness (QED) is 0.694. The fourth-order valence-electron chi connectivity index (χ4n) is 2.63. The highest BCUT2D eigenvalue weighted by Gasteiger charge is 2.10. The van der Waals surface area contributed by atoms with Gasteiger partial charge in [0.05, 0.1) is 0 Å². The van der Waals surface area contributed by atoms with Gasteiger partial charge in [-0.1, -0.05) is 23.7 Å². The maximum Gasteiger partial charge on any atom is 0.336 e. The lowest BCUT2D eigenvalue weighted by Crippen LogP contribution is -2.19. The van der Waals surface area contributed by atoms with Crippen LogP contribution in [-0.4, -0.2) is 0 Å². The Bertz CT molecular complexity index is 934. The normalized spacial score (nSPS) is 12.5. The molecule has 0 aliphatic rings. The van der Waals surface area contributed by atoms with E-state index in [0.717, 1.165) is 22.1 Å². The van der Waals surface area contributed by atoms with Crippen LogP contribution in [0.5, 0.6) is 0 Å². The van der Waals surface area contributed by atoms with E-state index in [-0.39, 0.29) is 11.9 Å². The minimum Gasteiger partial charge on any atom is -0.423 e. The maximum atomic E-state index is 13.0. The zero-order valence-electron chi connectivity index (χ0n) is 13.4. The summed E-state index contributed by atoms with van der Waals surface area (Å²) in [6.07, 6.45) is 0. The highest BCUT2D eigenvalue weighted by atomic mass is 35.5. The minimum atomic E-state index is -0.393. The lowest BCUT2D eigenvalue weighted by Gasteiger charge is -2.15. The molecule has 1 heterocycles. The molecule has 1 aromatic heterocycles. The van der Waals surface area contributed by atoms with Gasteiger partial charge in [-0.3, -0.25) is 0 Å². The first-order chi connectivity index (χ1) is 11.4. The third-order valence-corrected chi connectivity index (χ3v) is 4.49. The van der Waals surface area contributed by atoms with Crippen LogP contribution in [0.15, 0.2) is 51.7 Å². The Balaban J connectivity index is 1.88. The van der Waals surface area contributed by atoms with Crippen LogP contribution in [0, 0.1) is 12.7 Å². The van der Waals surface area contributed by atoms with Gasteiger partial charge in [0.25, 0.3) is 0 Å². The molecule has 0 spiro atoms. The Morgan fingerprint density at radius 3 is 2.62 bits per heavy atom. The predicted octanol–water partition coefficient (Wildman–Crippen LogP) is 4.74. The lowest BCUT2D eigenvalue weighted by molar-refractivity contribution is 0.546. The first-order valence-electron chi connectivity index (χ1n) is 7.66. The van der Waals surface area contributed by atoms with Crippen molar-refractivity contribution in [3.63, 3.8) is 0 Å². The molecule has 0 aliphatic heterocycles. The van der Waals surface area contributed by atoms with Crippen molar-refractivity contribution in [1.29, 1.82) is 0 Å². The second-order valence-corrected chi connectivity index (χ2v) is 6.25. The fourth-order valence-corrected chi connectivity index (χ4v) is 2.79. The largest absolute Gasteiger partial charge is 0.423 e. The third kappa shape index (κ3) is 3.50. The molecule has 3 rings (SSSR count). The average Bonchev–Trinajstić information content (AvgIpc) is 2.54. The zero-order chi connectivity index (χ0) is 17.3. The van der Waals surface area contributed by atoms with E-state index in [1.165, 1.54) is 18.2 Å². The van der Waals surface area contributed by atoms with Crippen LogP contribution in [0.1, 0.15) is 29.7 Å². The van der Waals surface area contributed by atoms with Crippen LogP contribution in [0.4, 0.5) is 4.39 Å². The summed E-state index contributed by atoms with van der Waals surface area (Å²) in [5, 5.41) is 4.78. The van der Waals surface area contributed by atoms with E-state index in [0.29, 0.717) is 17.2 Å². The molecule has 0 saturated carbocycles. The molecule has 0 radical (unpaired) electrons. The summed E-state index contributed by atoms with van der Waals surface area (Å²) in [4.78, 5) is 11.8. The molecule has 124 valence electrons. The van der Waals surface area contributed by atoms with E-state index >= 15 is 0 Å². The second kappa shape index (κ2) is 6.75. The number of benzene rings is 2. The molecule has 0 saturated heterocycles. The minimum absolute atomic E-state index is 0.00816. The molecule has 5 heteroatoms. The first-order valence-corrected chi connectivity index (χ1v) is 8.03. The predicted molar refractivity (Wildman–Crippen MR) is 93.9 cm³/mol. The molecular formula is C19H17ClFNO2. The van der Waals surface area contributed by atoms with Crippen LogP contribution >= 0.6 is 11.6 Å². The molecule has 0 amide bonds. The number of rotatable bonds is 4. The lowest BCUT2D eigenvalue weighted by atomic mass is 10.1. The van der Waals surface area contributed by atoms with Gasteiger partial charge in [0.2, 0.25) is 0 Å². The topological polar surface area (TPSA) is 42.2 Å². The van der Waals surface area contributed by atoms with E-state index in [9.17, 15) is 9.18 Å². The molecule has 1 N–H and O–H groups in total. The van der Waals surface area contributed by atoms with Crippen LogP contribution in [0.3, 0.4) is 0 Å². The van der Waals surface area contributed by atoms with Crippen molar-refractivity contribution in [2.75, 3.05) is 0 Å². The first kappa shape index (κ1) is 16.7. The highest BCUT2D eigenvalue weighted by molar-refractivity contribution is 6.32. The molecule has 3 nitrogen and oxygen atoms in total. The van der Waals surface area contributed by atoms with Crippen molar-refractivity contribution in [2.24, 2.45) is 0 Å². The summed E-state index contributed by atoms with van der Waals surface area (Å²) in [6.45, 7) is 4.32. The Kier molecular flexibility index (Phi) is 4.69. The van der Waals surface area contributed by atoms with Gasteiger partial charge in [0.15, 0.2) is 0 Å². The van der Waals surface area contributed by atoms with Gasteiger partial charge in [0.1, 0.15) is 11.4 Å². The summed E-state index contributed by atoms with van der Waals surface area (Å²) < 4.78 is 18.3. The molecule has 24 heavy (non-hydrogen) atoms. The second-order valence-electron chi connectivity index (χ2n) is 5.84. The van der Waals surface area contributed by atoms with Gasteiger partial charge in [0, 0.05) is 29.1 Å². The number of nitrogens with one attached hydrogen (secondary N) is 1. The summed E-state index contributed by atoms with van der Waals surface area (Å²) in [6, 6.07) is 11.4. The van der Waals surface area contributed by atoms with Crippen LogP contribution in [0.2, 0.25) is 5.02 Å². The molecular weight excluding hydrogens is 329 g/mol. The number of aryl methyl sites for hydroxylation is 1. The van der Waals surface area contributed by atoms with E-state index in [1.54, 1.807) is 18.2 Å². The van der Waals surface area contributed by atoms with Crippen molar-refractivity contribution < 1.29 is 8.81 Å². The Morgan fingerprint density at radius 1 is 1.21 bits per heavy atom. The van der Waals surface area contributed by atoms with Gasteiger partial charge in [-0.2, -0.15) is 0 Å². The fraction of sp³-hybridized carbons (Fsp3) is 0.211. The summed E-state index contributed by atoms with van der Waals surface area (Å²) in [5.74, 6) is -0.261. The summed E-state index contributed by atoms with van der Waals surface area (Å²) in [7, 11) is 0. The van der Waals surface area contributed by atoms with E-state index < -0.39 is 5.63 Å². The van der Waals surface area contributed by atoms with Gasteiger partial charge in [-0.25, -0.2) is 9.18 Å². The molecule has 1 unspecified atom stereocenters. The zero-order valence-corrected chi connectivity index (χ0v) is 14.2. The molecule has 1 atom stereocenters. The smallest absolute Gasteiger partial charge is 0.336 e. The number of hydrogen-bond acceptors (Lipinski definition) is 3. The average molecular weight is 346 g/mol. The van der Waals surface area contributed by atoms with E-state index in [4.69, 9.17) is 16.0 Å². The SMILES string of the molecule is Cc1cc2oc(=O)cc(CNC(C)c3ccc(F)cc3)c2cc1Cl. The standard InChI is InChI=1S/C19H17ClFNO2/c1-11-7-18-16(9-17(11)20)14(8-19(23)24-18)10-22-12(2)13-3-5-15(21)6-4-13/h3-9,12,22H,10H2,1-2H3. The number of halogens is 2. The van der Waals surface area contributed by atoms with Crippen molar-refractivity contribution in [3.8, 4) is 0 Å². The Labute approximate surface area is 144 Å². The van der Waals surface area contributed by atoms with Gasteiger partial charge in [-0.05, 0) is 54.8 Å². The summed E-state index contributed by atoms with van der Waals surface area (Å²) in [5.41, 5.74) is 2.78. The molecule has 0 bridgehead atoms. The number of hydrogen-bond donors (Lipinski definition) is 1. The highest BCUT2D eigenvalue weighted by Crippen LogP contribution is 2.25. The summed E-state index contributed by atoms with van der Waals surface area (Å²) >= 11 is 6.20. The van der Waals surface area contributed by atoms with E-state index in [1.807, 2.05) is 19.9 Å². The maximum absolute atomic E-state index is 13.0. The molecule has 3 aromatic rings.